The third-order valence-corrected chi connectivity index (χ3v) is 6.03. The fourth-order valence-electron chi connectivity index (χ4n) is 4.72. The van der Waals surface area contributed by atoms with Crippen LogP contribution in [0.1, 0.15) is 57.8 Å². The normalized spacial score (nSPS) is 34.7. The molecule has 3 aliphatic rings. The standard InChI is InChI=1S/C16H26BrNO/c17-8-9-18(14-4-2-1-3-5-14)16(19)15-11-12-6-7-13(15)10-12/h12-15H,1-11H2. The van der Waals surface area contributed by atoms with Gasteiger partial charge in [0.05, 0.1) is 0 Å². The Kier molecular flexibility index (Phi) is 4.51. The first kappa shape index (κ1) is 13.9. The molecule has 3 heteroatoms. The summed E-state index contributed by atoms with van der Waals surface area (Å²) in [5, 5.41) is 0.927. The quantitative estimate of drug-likeness (QED) is 0.715. The summed E-state index contributed by atoms with van der Waals surface area (Å²) in [5.74, 6) is 2.47. The second-order valence-corrected chi connectivity index (χ2v) is 7.59. The summed E-state index contributed by atoms with van der Waals surface area (Å²) in [4.78, 5) is 15.2. The molecule has 108 valence electrons. The van der Waals surface area contributed by atoms with Gasteiger partial charge >= 0.3 is 0 Å². The van der Waals surface area contributed by atoms with Crippen LogP contribution >= 0.6 is 15.9 Å². The number of alkyl halides is 1. The molecule has 1 amide bonds. The van der Waals surface area contributed by atoms with E-state index in [0.717, 1.165) is 23.7 Å². The maximum atomic E-state index is 12.9. The van der Waals surface area contributed by atoms with Crippen LogP contribution in [0, 0.1) is 17.8 Å². The van der Waals surface area contributed by atoms with Gasteiger partial charge in [0.25, 0.3) is 0 Å². The van der Waals surface area contributed by atoms with Crippen molar-refractivity contribution in [3.63, 3.8) is 0 Å². The van der Waals surface area contributed by atoms with E-state index in [1.54, 1.807) is 0 Å². The number of rotatable bonds is 4. The fraction of sp³-hybridized carbons (Fsp3) is 0.938. The number of fused-ring (bicyclic) bond motifs is 2. The Labute approximate surface area is 125 Å². The Morgan fingerprint density at radius 1 is 1.05 bits per heavy atom. The SMILES string of the molecule is O=C(C1CC2CCC1C2)N(CCBr)C1CCCCC1. The highest BCUT2D eigenvalue weighted by Crippen LogP contribution is 2.49. The Morgan fingerprint density at radius 2 is 1.84 bits per heavy atom. The molecule has 2 nitrogen and oxygen atoms in total. The van der Waals surface area contributed by atoms with Gasteiger partial charge in [0.15, 0.2) is 0 Å². The number of carbonyl (C=O) groups excluding carboxylic acids is 1. The van der Waals surface area contributed by atoms with Crippen molar-refractivity contribution in [2.24, 2.45) is 17.8 Å². The highest BCUT2D eigenvalue weighted by molar-refractivity contribution is 9.09. The van der Waals surface area contributed by atoms with E-state index in [2.05, 4.69) is 20.8 Å². The molecule has 0 saturated heterocycles. The number of amides is 1. The van der Waals surface area contributed by atoms with Crippen LogP contribution in [0.3, 0.4) is 0 Å². The van der Waals surface area contributed by atoms with Crippen LogP contribution in [-0.2, 0) is 4.79 Å². The molecule has 0 spiro atoms. The maximum Gasteiger partial charge on any atom is 0.226 e. The summed E-state index contributed by atoms with van der Waals surface area (Å²) in [6.07, 6.45) is 11.7. The highest BCUT2D eigenvalue weighted by atomic mass is 79.9. The lowest BCUT2D eigenvalue weighted by atomic mass is 9.86. The van der Waals surface area contributed by atoms with E-state index >= 15 is 0 Å². The third kappa shape index (κ3) is 2.86. The van der Waals surface area contributed by atoms with Gasteiger partial charge in [-0.1, -0.05) is 41.6 Å². The summed E-state index contributed by atoms with van der Waals surface area (Å²) in [6, 6.07) is 0.540. The van der Waals surface area contributed by atoms with Crippen molar-refractivity contribution in [3.05, 3.63) is 0 Å². The van der Waals surface area contributed by atoms with Gasteiger partial charge in [0.2, 0.25) is 5.91 Å². The van der Waals surface area contributed by atoms with Crippen LogP contribution in [0.25, 0.3) is 0 Å². The van der Waals surface area contributed by atoms with Gasteiger partial charge in [-0.3, -0.25) is 4.79 Å². The Morgan fingerprint density at radius 3 is 2.42 bits per heavy atom. The largest absolute Gasteiger partial charge is 0.339 e. The summed E-state index contributed by atoms with van der Waals surface area (Å²) >= 11 is 3.54. The molecular formula is C16H26BrNO. The number of hydrogen-bond acceptors (Lipinski definition) is 1. The van der Waals surface area contributed by atoms with E-state index < -0.39 is 0 Å². The van der Waals surface area contributed by atoms with Gasteiger partial charge in [0.1, 0.15) is 0 Å². The molecule has 2 bridgehead atoms. The predicted molar refractivity (Wildman–Crippen MR) is 81.3 cm³/mol. The minimum atomic E-state index is 0.375. The molecule has 0 aromatic rings. The summed E-state index contributed by atoms with van der Waals surface area (Å²) < 4.78 is 0. The Bertz CT molecular complexity index is 327. The van der Waals surface area contributed by atoms with E-state index in [-0.39, 0.29) is 0 Å². The number of hydrogen-bond donors (Lipinski definition) is 0. The first-order valence-corrected chi connectivity index (χ1v) is 9.28. The molecule has 0 heterocycles. The van der Waals surface area contributed by atoms with Crippen LogP contribution in [-0.4, -0.2) is 28.7 Å². The van der Waals surface area contributed by atoms with E-state index in [4.69, 9.17) is 0 Å². The van der Waals surface area contributed by atoms with Crippen molar-refractivity contribution in [2.75, 3.05) is 11.9 Å². The lowest BCUT2D eigenvalue weighted by molar-refractivity contribution is -0.140. The summed E-state index contributed by atoms with van der Waals surface area (Å²) in [7, 11) is 0. The van der Waals surface area contributed by atoms with Crippen molar-refractivity contribution >= 4 is 21.8 Å². The zero-order valence-electron chi connectivity index (χ0n) is 11.8. The minimum Gasteiger partial charge on any atom is -0.339 e. The van der Waals surface area contributed by atoms with Crippen LogP contribution < -0.4 is 0 Å². The van der Waals surface area contributed by atoms with Gasteiger partial charge < -0.3 is 4.90 Å². The smallest absolute Gasteiger partial charge is 0.226 e. The zero-order chi connectivity index (χ0) is 13.2. The monoisotopic (exact) mass is 327 g/mol. The van der Waals surface area contributed by atoms with Crippen molar-refractivity contribution in [1.82, 2.24) is 4.90 Å². The molecule has 3 atom stereocenters. The second-order valence-electron chi connectivity index (χ2n) is 6.79. The van der Waals surface area contributed by atoms with Crippen LogP contribution in [0.2, 0.25) is 0 Å². The molecule has 3 unspecified atom stereocenters. The average Bonchev–Trinajstić information content (AvgIpc) is 3.07. The van der Waals surface area contributed by atoms with E-state index in [1.165, 1.54) is 57.8 Å². The molecular weight excluding hydrogens is 302 g/mol. The molecule has 0 aliphatic heterocycles. The first-order chi connectivity index (χ1) is 9.29. The molecule has 0 aromatic carbocycles. The maximum absolute atomic E-state index is 12.9. The lowest BCUT2D eigenvalue weighted by Crippen LogP contribution is -2.46. The van der Waals surface area contributed by atoms with Gasteiger partial charge in [-0.25, -0.2) is 0 Å². The van der Waals surface area contributed by atoms with Crippen molar-refractivity contribution in [2.45, 2.75) is 63.8 Å². The molecule has 0 radical (unpaired) electrons. The molecule has 0 aromatic heterocycles. The number of halogens is 1. The highest BCUT2D eigenvalue weighted by Gasteiger charge is 2.45. The predicted octanol–water partition coefficient (Wildman–Crippen LogP) is 3.98. The van der Waals surface area contributed by atoms with Gasteiger partial charge in [-0.05, 0) is 43.9 Å². The third-order valence-electron chi connectivity index (χ3n) is 5.68. The van der Waals surface area contributed by atoms with Crippen molar-refractivity contribution in [1.29, 1.82) is 0 Å². The molecule has 0 N–H and O–H groups in total. The van der Waals surface area contributed by atoms with Crippen LogP contribution in [0.4, 0.5) is 0 Å². The van der Waals surface area contributed by atoms with Crippen molar-refractivity contribution < 1.29 is 4.79 Å². The fourth-order valence-corrected chi connectivity index (χ4v) is 5.10. The zero-order valence-corrected chi connectivity index (χ0v) is 13.4. The Balaban J connectivity index is 1.66. The Hall–Kier alpha value is -0.0500. The van der Waals surface area contributed by atoms with Gasteiger partial charge in [-0.2, -0.15) is 0 Å². The molecule has 3 fully saturated rings. The van der Waals surface area contributed by atoms with Crippen LogP contribution in [0.15, 0.2) is 0 Å². The average molecular weight is 328 g/mol. The van der Waals surface area contributed by atoms with E-state index in [0.29, 0.717) is 17.9 Å². The van der Waals surface area contributed by atoms with Crippen LogP contribution in [0.5, 0.6) is 0 Å². The van der Waals surface area contributed by atoms with Gasteiger partial charge in [0, 0.05) is 23.8 Å². The minimum absolute atomic E-state index is 0.375. The molecule has 3 rings (SSSR count). The first-order valence-electron chi connectivity index (χ1n) is 8.16. The summed E-state index contributed by atoms with van der Waals surface area (Å²) in [5.41, 5.74) is 0. The molecule has 19 heavy (non-hydrogen) atoms. The topological polar surface area (TPSA) is 20.3 Å². The van der Waals surface area contributed by atoms with E-state index in [9.17, 15) is 4.79 Å². The van der Waals surface area contributed by atoms with Gasteiger partial charge in [-0.15, -0.1) is 0 Å². The lowest BCUT2D eigenvalue weighted by Gasteiger charge is -2.37. The number of nitrogens with zero attached hydrogens (tertiary/aromatic N) is 1. The molecule has 3 aliphatic carbocycles. The van der Waals surface area contributed by atoms with E-state index in [1.807, 2.05) is 0 Å². The van der Waals surface area contributed by atoms with Crippen molar-refractivity contribution in [3.8, 4) is 0 Å². The second kappa shape index (κ2) is 6.15. The molecule has 3 saturated carbocycles. The summed E-state index contributed by atoms with van der Waals surface area (Å²) in [6.45, 7) is 0.914. The number of carbonyl (C=O) groups is 1.